The minimum absolute atomic E-state index is 0. The average Bonchev–Trinajstić information content (AvgIpc) is 2.81. The molecule has 1 unspecified atom stereocenters. The van der Waals surface area contributed by atoms with Gasteiger partial charge in [-0.25, -0.2) is 0 Å². The van der Waals surface area contributed by atoms with Crippen LogP contribution in [0, 0.1) is 0 Å². The predicted octanol–water partition coefficient (Wildman–Crippen LogP) is 6.33. The van der Waals surface area contributed by atoms with Crippen molar-refractivity contribution in [3.05, 3.63) is 53.6 Å². The topological polar surface area (TPSA) is 30.9 Å². The molecule has 0 saturated carbocycles. The largest absolute Gasteiger partial charge is 0.497 e. The second kappa shape index (κ2) is 12.9. The highest BCUT2D eigenvalue weighted by Gasteiger charge is 2.35. The Labute approximate surface area is 208 Å². The van der Waals surface area contributed by atoms with Crippen molar-refractivity contribution in [3.63, 3.8) is 0 Å². The van der Waals surface area contributed by atoms with Crippen LogP contribution in [-0.2, 0) is 6.42 Å². The summed E-state index contributed by atoms with van der Waals surface area (Å²) in [6.45, 7) is 6.76. The molecule has 0 amide bonds. The number of benzene rings is 2. The van der Waals surface area contributed by atoms with Gasteiger partial charge in [0.1, 0.15) is 9.95 Å². The van der Waals surface area contributed by atoms with Crippen molar-refractivity contribution in [1.82, 2.24) is 4.90 Å². The highest BCUT2D eigenvalue weighted by Crippen LogP contribution is 2.45. The van der Waals surface area contributed by atoms with E-state index < -0.39 is 0 Å². The van der Waals surface area contributed by atoms with E-state index in [1.807, 2.05) is 6.07 Å². The van der Waals surface area contributed by atoms with E-state index in [1.54, 1.807) is 21.3 Å². The zero-order chi connectivity index (χ0) is 22.3. The lowest BCUT2D eigenvalue weighted by Gasteiger charge is -2.44. The van der Waals surface area contributed by atoms with Crippen LogP contribution in [0.1, 0.15) is 37.3 Å². The number of hydrogen-bond donors (Lipinski definition) is 0. The molecular weight excluding hydrogens is 462 g/mol. The van der Waals surface area contributed by atoms with E-state index in [0.29, 0.717) is 5.92 Å². The molecule has 1 aliphatic rings. The predicted molar refractivity (Wildman–Crippen MR) is 141 cm³/mol. The quantitative estimate of drug-likeness (QED) is 0.381. The SMILES string of the molecule is COc1ccc(C(C)CN(CCc2ccc(OC)c(OC)c2)C2(C)SCCCS2)cc1.Cl. The normalized spacial score (nSPS) is 16.2. The lowest BCUT2D eigenvalue weighted by Crippen LogP contribution is -2.46. The fraction of sp³-hybridized carbons (Fsp3) is 0.520. The van der Waals surface area contributed by atoms with Crippen molar-refractivity contribution in [3.8, 4) is 17.2 Å². The van der Waals surface area contributed by atoms with Crippen molar-refractivity contribution in [2.75, 3.05) is 45.9 Å². The third-order valence-electron chi connectivity index (χ3n) is 5.90. The average molecular weight is 498 g/mol. The molecule has 1 atom stereocenters. The van der Waals surface area contributed by atoms with Gasteiger partial charge < -0.3 is 14.2 Å². The van der Waals surface area contributed by atoms with Crippen LogP contribution in [0.15, 0.2) is 42.5 Å². The van der Waals surface area contributed by atoms with Crippen molar-refractivity contribution >= 4 is 35.9 Å². The molecule has 4 nitrogen and oxygen atoms in total. The van der Waals surface area contributed by atoms with E-state index in [0.717, 1.165) is 36.8 Å². The van der Waals surface area contributed by atoms with Gasteiger partial charge in [-0.15, -0.1) is 35.9 Å². The molecule has 0 aliphatic carbocycles. The Morgan fingerprint density at radius 2 is 1.59 bits per heavy atom. The smallest absolute Gasteiger partial charge is 0.160 e. The van der Waals surface area contributed by atoms with Gasteiger partial charge in [-0.3, -0.25) is 4.90 Å². The molecule has 1 saturated heterocycles. The molecule has 1 heterocycles. The van der Waals surface area contributed by atoms with E-state index >= 15 is 0 Å². The first kappa shape index (κ1) is 27.0. The Kier molecular flexibility index (Phi) is 10.9. The van der Waals surface area contributed by atoms with E-state index in [4.69, 9.17) is 14.2 Å². The van der Waals surface area contributed by atoms with Crippen molar-refractivity contribution < 1.29 is 14.2 Å². The maximum absolute atomic E-state index is 5.50. The fourth-order valence-corrected chi connectivity index (χ4v) is 6.98. The summed E-state index contributed by atoms with van der Waals surface area (Å²) in [7, 11) is 5.09. The Morgan fingerprint density at radius 1 is 0.938 bits per heavy atom. The van der Waals surface area contributed by atoms with Gasteiger partial charge in [0.25, 0.3) is 0 Å². The number of hydrogen-bond acceptors (Lipinski definition) is 6. The summed E-state index contributed by atoms with van der Waals surface area (Å²) in [6.07, 6.45) is 2.27. The first-order valence-corrected chi connectivity index (χ1v) is 12.8. The van der Waals surface area contributed by atoms with E-state index in [-0.39, 0.29) is 16.6 Å². The first-order chi connectivity index (χ1) is 15.0. The Balaban J connectivity index is 0.00000363. The second-order valence-corrected chi connectivity index (χ2v) is 11.2. The summed E-state index contributed by atoms with van der Waals surface area (Å²) in [6, 6.07) is 14.8. The highest BCUT2D eigenvalue weighted by molar-refractivity contribution is 8.18. The fourth-order valence-electron chi connectivity index (χ4n) is 3.94. The van der Waals surface area contributed by atoms with Gasteiger partial charge in [-0.1, -0.05) is 25.1 Å². The minimum Gasteiger partial charge on any atom is -0.497 e. The molecule has 2 aromatic rings. The summed E-state index contributed by atoms with van der Waals surface area (Å²) in [5.74, 6) is 5.39. The third kappa shape index (κ3) is 6.89. The van der Waals surface area contributed by atoms with Crippen LogP contribution in [0.4, 0.5) is 0 Å². The van der Waals surface area contributed by atoms with Crippen LogP contribution in [0.2, 0.25) is 0 Å². The van der Waals surface area contributed by atoms with Gasteiger partial charge >= 0.3 is 0 Å². The number of nitrogens with zero attached hydrogens (tertiary/aromatic N) is 1. The molecule has 3 rings (SSSR count). The minimum atomic E-state index is 0. The van der Waals surface area contributed by atoms with Gasteiger partial charge in [0.15, 0.2) is 11.5 Å². The van der Waals surface area contributed by atoms with Crippen LogP contribution in [0.25, 0.3) is 0 Å². The monoisotopic (exact) mass is 497 g/mol. The lowest BCUT2D eigenvalue weighted by molar-refractivity contribution is 0.236. The molecular formula is C25H36ClNO3S2. The molecule has 0 aromatic heterocycles. The summed E-state index contributed by atoms with van der Waals surface area (Å²) < 4.78 is 16.3. The number of rotatable bonds is 10. The zero-order valence-corrected chi connectivity index (χ0v) is 22.2. The Bertz CT molecular complexity index is 828. The maximum atomic E-state index is 5.50. The van der Waals surface area contributed by atoms with E-state index in [1.165, 1.54) is 29.1 Å². The molecule has 0 bridgehead atoms. The van der Waals surface area contributed by atoms with Crippen molar-refractivity contribution in [2.45, 2.75) is 36.8 Å². The van der Waals surface area contributed by atoms with Crippen LogP contribution in [-0.4, -0.2) is 55.0 Å². The molecule has 2 aromatic carbocycles. The second-order valence-electron chi connectivity index (χ2n) is 8.01. The molecule has 0 radical (unpaired) electrons. The molecule has 0 spiro atoms. The third-order valence-corrected chi connectivity index (χ3v) is 9.18. The molecule has 7 heteroatoms. The summed E-state index contributed by atoms with van der Waals surface area (Å²) in [5, 5.41) is 0. The maximum Gasteiger partial charge on any atom is 0.160 e. The van der Waals surface area contributed by atoms with Crippen molar-refractivity contribution in [1.29, 1.82) is 0 Å². The van der Waals surface area contributed by atoms with Crippen LogP contribution in [0.5, 0.6) is 17.2 Å². The van der Waals surface area contributed by atoms with Gasteiger partial charge in [0, 0.05) is 13.1 Å². The number of methoxy groups -OCH3 is 3. The Hall–Kier alpha value is -1.21. The van der Waals surface area contributed by atoms with Gasteiger partial charge in [0.2, 0.25) is 0 Å². The van der Waals surface area contributed by atoms with Gasteiger partial charge in [-0.05, 0) is 72.6 Å². The number of ether oxygens (including phenoxy) is 3. The first-order valence-electron chi connectivity index (χ1n) is 10.9. The van der Waals surface area contributed by atoms with Crippen LogP contribution in [0.3, 0.4) is 0 Å². The Morgan fingerprint density at radius 3 is 2.19 bits per heavy atom. The standard InChI is InChI=1S/C25H35NO3S2.ClH/c1-19(21-8-10-22(27-3)11-9-21)18-26(25(2)30-15-6-16-31-25)14-13-20-7-12-23(28-4)24(17-20)29-5;/h7-12,17,19H,6,13-16,18H2,1-5H3;1H. The summed E-state index contributed by atoms with van der Waals surface area (Å²) in [5.41, 5.74) is 2.63. The zero-order valence-electron chi connectivity index (χ0n) is 19.8. The summed E-state index contributed by atoms with van der Waals surface area (Å²) in [4.78, 5) is 2.67. The number of thioether (sulfide) groups is 2. The molecule has 32 heavy (non-hydrogen) atoms. The summed E-state index contributed by atoms with van der Waals surface area (Å²) >= 11 is 4.18. The van der Waals surface area contributed by atoms with Crippen LogP contribution < -0.4 is 14.2 Å². The van der Waals surface area contributed by atoms with E-state index in [9.17, 15) is 0 Å². The molecule has 1 fully saturated rings. The highest BCUT2D eigenvalue weighted by atomic mass is 35.5. The lowest BCUT2D eigenvalue weighted by atomic mass is 10.00. The van der Waals surface area contributed by atoms with Gasteiger partial charge in [0.05, 0.1) is 21.3 Å². The molecule has 0 N–H and O–H groups in total. The van der Waals surface area contributed by atoms with Crippen molar-refractivity contribution in [2.24, 2.45) is 0 Å². The van der Waals surface area contributed by atoms with E-state index in [2.05, 4.69) is 78.7 Å². The molecule has 178 valence electrons. The molecule has 1 aliphatic heterocycles. The van der Waals surface area contributed by atoms with Crippen LogP contribution >= 0.6 is 35.9 Å². The number of halogens is 1. The van der Waals surface area contributed by atoms with Gasteiger partial charge in [-0.2, -0.15) is 0 Å².